The molecule has 0 radical (unpaired) electrons. The third-order valence-electron chi connectivity index (χ3n) is 3.16. The van der Waals surface area contributed by atoms with Crippen molar-refractivity contribution >= 4 is 21.4 Å². The van der Waals surface area contributed by atoms with Crippen LogP contribution < -0.4 is 10.6 Å². The molecule has 0 aliphatic heterocycles. The van der Waals surface area contributed by atoms with Gasteiger partial charge in [-0.05, 0) is 49.0 Å². The Kier molecular flexibility index (Phi) is 5.52. The smallest absolute Gasteiger partial charge is 0.123 e. The molecule has 1 aromatic carbocycles. The zero-order chi connectivity index (χ0) is 14.5. The van der Waals surface area contributed by atoms with Crippen molar-refractivity contribution in [2.45, 2.75) is 33.4 Å². The van der Waals surface area contributed by atoms with Gasteiger partial charge in [0.1, 0.15) is 5.82 Å². The summed E-state index contributed by atoms with van der Waals surface area (Å²) in [7, 11) is 0. The molecular formula is C16H23FN2S. The number of nitrogens with one attached hydrogen (secondary N) is 2. The number of hydrogen-bond acceptors (Lipinski definition) is 3. The van der Waals surface area contributed by atoms with Crippen molar-refractivity contribution in [1.29, 1.82) is 0 Å². The van der Waals surface area contributed by atoms with Gasteiger partial charge in [0.05, 0.1) is 0 Å². The normalized spacial score (nSPS) is 13.2. The van der Waals surface area contributed by atoms with Gasteiger partial charge < -0.3 is 10.6 Å². The molecule has 2 rings (SSSR count). The summed E-state index contributed by atoms with van der Waals surface area (Å²) in [6.45, 7) is 9.46. The third-order valence-corrected chi connectivity index (χ3v) is 4.27. The number of halogens is 1. The van der Waals surface area contributed by atoms with Crippen LogP contribution in [0.5, 0.6) is 0 Å². The predicted molar refractivity (Wildman–Crippen MR) is 85.8 cm³/mol. The van der Waals surface area contributed by atoms with E-state index >= 15 is 0 Å². The second-order valence-electron chi connectivity index (χ2n) is 5.73. The van der Waals surface area contributed by atoms with Crippen molar-refractivity contribution < 1.29 is 4.39 Å². The molecule has 0 amide bonds. The van der Waals surface area contributed by atoms with Crippen LogP contribution in [-0.2, 0) is 6.54 Å². The number of fused-ring (bicyclic) bond motifs is 1. The van der Waals surface area contributed by atoms with Gasteiger partial charge in [-0.3, -0.25) is 0 Å². The van der Waals surface area contributed by atoms with Gasteiger partial charge in [-0.25, -0.2) is 4.39 Å². The van der Waals surface area contributed by atoms with Crippen LogP contribution >= 0.6 is 11.3 Å². The molecule has 0 aliphatic carbocycles. The average Bonchev–Trinajstić information content (AvgIpc) is 2.77. The monoisotopic (exact) mass is 294 g/mol. The largest absolute Gasteiger partial charge is 0.315 e. The van der Waals surface area contributed by atoms with Gasteiger partial charge >= 0.3 is 0 Å². The first-order valence-electron chi connectivity index (χ1n) is 7.16. The van der Waals surface area contributed by atoms with Crippen LogP contribution in [0.25, 0.3) is 10.1 Å². The van der Waals surface area contributed by atoms with Gasteiger partial charge in [-0.2, -0.15) is 0 Å². The van der Waals surface area contributed by atoms with E-state index < -0.39 is 0 Å². The Morgan fingerprint density at radius 2 is 1.95 bits per heavy atom. The number of benzene rings is 1. The molecule has 1 aromatic heterocycles. The van der Waals surface area contributed by atoms with Gasteiger partial charge in [-0.1, -0.05) is 13.8 Å². The van der Waals surface area contributed by atoms with E-state index in [1.54, 1.807) is 17.4 Å². The maximum Gasteiger partial charge on any atom is 0.123 e. The minimum absolute atomic E-state index is 0.166. The Hall–Kier alpha value is -0.970. The Bertz CT molecular complexity index is 550. The Labute approximate surface area is 124 Å². The molecule has 4 heteroatoms. The van der Waals surface area contributed by atoms with Crippen LogP contribution in [0.2, 0.25) is 0 Å². The van der Waals surface area contributed by atoms with Crippen molar-refractivity contribution in [3.63, 3.8) is 0 Å². The second-order valence-corrected chi connectivity index (χ2v) is 6.90. The maximum absolute atomic E-state index is 13.1. The van der Waals surface area contributed by atoms with Crippen LogP contribution in [0, 0.1) is 11.7 Å². The molecule has 1 atom stereocenters. The maximum atomic E-state index is 13.1. The van der Waals surface area contributed by atoms with Crippen LogP contribution in [0.15, 0.2) is 24.3 Å². The van der Waals surface area contributed by atoms with E-state index in [9.17, 15) is 4.39 Å². The first kappa shape index (κ1) is 15.4. The Morgan fingerprint density at radius 1 is 1.15 bits per heavy atom. The lowest BCUT2D eigenvalue weighted by Crippen LogP contribution is -2.37. The van der Waals surface area contributed by atoms with Crippen molar-refractivity contribution in [3.05, 3.63) is 35.0 Å². The summed E-state index contributed by atoms with van der Waals surface area (Å²) in [5.74, 6) is 0.515. The Balaban J connectivity index is 1.83. The van der Waals surface area contributed by atoms with Crippen LogP contribution in [0.1, 0.15) is 25.6 Å². The average molecular weight is 294 g/mol. The minimum Gasteiger partial charge on any atom is -0.315 e. The molecule has 20 heavy (non-hydrogen) atoms. The van der Waals surface area contributed by atoms with Crippen LogP contribution in [-0.4, -0.2) is 19.1 Å². The second kappa shape index (κ2) is 7.16. The quantitative estimate of drug-likeness (QED) is 0.812. The molecule has 0 saturated carbocycles. The number of thiophene rings is 1. The molecule has 1 heterocycles. The van der Waals surface area contributed by atoms with Gasteiger partial charge in [0.15, 0.2) is 0 Å². The summed E-state index contributed by atoms with van der Waals surface area (Å²) in [4.78, 5) is 1.25. The lowest BCUT2D eigenvalue weighted by atomic mass is 10.2. The minimum atomic E-state index is -0.166. The summed E-state index contributed by atoms with van der Waals surface area (Å²) < 4.78 is 14.3. The van der Waals surface area contributed by atoms with Gasteiger partial charge in [-0.15, -0.1) is 11.3 Å². The molecule has 0 aliphatic rings. The van der Waals surface area contributed by atoms with E-state index in [4.69, 9.17) is 0 Å². The van der Waals surface area contributed by atoms with E-state index in [0.29, 0.717) is 12.0 Å². The summed E-state index contributed by atoms with van der Waals surface area (Å²) in [6.07, 6.45) is 0. The molecule has 0 bridgehead atoms. The SMILES string of the molecule is CC(C)CNCC(C)NCc1cc2cc(F)ccc2s1. The Morgan fingerprint density at radius 3 is 2.70 bits per heavy atom. The molecule has 0 saturated heterocycles. The van der Waals surface area contributed by atoms with E-state index in [1.807, 2.05) is 6.07 Å². The number of hydrogen-bond donors (Lipinski definition) is 2. The highest BCUT2D eigenvalue weighted by atomic mass is 32.1. The highest BCUT2D eigenvalue weighted by molar-refractivity contribution is 7.19. The highest BCUT2D eigenvalue weighted by Gasteiger charge is 2.05. The molecule has 0 fully saturated rings. The molecule has 1 unspecified atom stereocenters. The topological polar surface area (TPSA) is 24.1 Å². The summed E-state index contributed by atoms with van der Waals surface area (Å²) in [5.41, 5.74) is 0. The first-order chi connectivity index (χ1) is 9.54. The molecule has 2 aromatic rings. The van der Waals surface area contributed by atoms with Gasteiger partial charge in [0, 0.05) is 28.7 Å². The fraction of sp³-hybridized carbons (Fsp3) is 0.500. The fourth-order valence-corrected chi connectivity index (χ4v) is 3.09. The lowest BCUT2D eigenvalue weighted by molar-refractivity contribution is 0.473. The molecule has 2 nitrogen and oxygen atoms in total. The van der Waals surface area contributed by atoms with Gasteiger partial charge in [0.25, 0.3) is 0 Å². The number of rotatable bonds is 7. The third kappa shape index (κ3) is 4.54. The first-order valence-corrected chi connectivity index (χ1v) is 7.98. The van der Waals surface area contributed by atoms with E-state index in [-0.39, 0.29) is 5.82 Å². The summed E-state index contributed by atoms with van der Waals surface area (Å²) >= 11 is 1.73. The summed E-state index contributed by atoms with van der Waals surface area (Å²) in [6, 6.07) is 7.48. The zero-order valence-electron chi connectivity index (χ0n) is 12.4. The van der Waals surface area contributed by atoms with Crippen LogP contribution in [0.3, 0.4) is 0 Å². The lowest BCUT2D eigenvalue weighted by Gasteiger charge is -2.15. The fourth-order valence-electron chi connectivity index (χ4n) is 2.09. The van der Waals surface area contributed by atoms with Crippen molar-refractivity contribution in [2.75, 3.05) is 13.1 Å². The standard InChI is InChI=1S/C16H23FN2S/c1-11(2)8-18-9-12(3)19-10-15-7-13-6-14(17)4-5-16(13)20-15/h4-7,11-12,18-19H,8-10H2,1-3H3. The zero-order valence-corrected chi connectivity index (χ0v) is 13.2. The summed E-state index contributed by atoms with van der Waals surface area (Å²) in [5, 5.41) is 7.95. The van der Waals surface area contributed by atoms with Crippen LogP contribution in [0.4, 0.5) is 4.39 Å². The van der Waals surface area contributed by atoms with Gasteiger partial charge in [0.2, 0.25) is 0 Å². The van der Waals surface area contributed by atoms with E-state index in [1.165, 1.54) is 10.9 Å². The highest BCUT2D eigenvalue weighted by Crippen LogP contribution is 2.26. The van der Waals surface area contributed by atoms with Crippen molar-refractivity contribution in [2.24, 2.45) is 5.92 Å². The molecular weight excluding hydrogens is 271 g/mol. The molecule has 2 N–H and O–H groups in total. The van der Waals surface area contributed by atoms with E-state index in [2.05, 4.69) is 37.5 Å². The predicted octanol–water partition coefficient (Wildman–Crippen LogP) is 3.76. The van der Waals surface area contributed by atoms with E-state index in [0.717, 1.165) is 29.7 Å². The van der Waals surface area contributed by atoms with Crippen molar-refractivity contribution in [1.82, 2.24) is 10.6 Å². The molecule has 0 spiro atoms. The van der Waals surface area contributed by atoms with Crippen molar-refractivity contribution in [3.8, 4) is 0 Å². The molecule has 110 valence electrons.